The fraction of sp³-hybridized carbons (Fsp3) is 0.500. The van der Waals surface area contributed by atoms with Crippen LogP contribution in [0.4, 0.5) is 0 Å². The summed E-state index contributed by atoms with van der Waals surface area (Å²) in [5.74, 6) is 0.0423. The maximum absolute atomic E-state index is 10.9. The second-order valence-corrected chi connectivity index (χ2v) is 5.55. The van der Waals surface area contributed by atoms with E-state index in [4.69, 9.17) is 21.4 Å². The van der Waals surface area contributed by atoms with E-state index < -0.39 is 5.97 Å². The number of carbonyl (C=O) groups is 1. The minimum absolute atomic E-state index is 0.00443. The molecule has 1 aliphatic heterocycles. The van der Waals surface area contributed by atoms with E-state index in [0.29, 0.717) is 11.6 Å². The number of aliphatic carboxylic acids is 1. The molecule has 1 aromatic carbocycles. The number of hydrogen-bond acceptors (Lipinski definition) is 3. The molecule has 1 N–H and O–H groups in total. The van der Waals surface area contributed by atoms with Gasteiger partial charge in [0, 0.05) is 24.0 Å². The van der Waals surface area contributed by atoms with E-state index in [1.165, 1.54) is 0 Å². The Balaban J connectivity index is 2.00. The van der Waals surface area contributed by atoms with Crippen LogP contribution in [-0.4, -0.2) is 41.2 Å². The van der Waals surface area contributed by atoms with Gasteiger partial charge >= 0.3 is 5.97 Å². The van der Waals surface area contributed by atoms with Crippen LogP contribution in [0.3, 0.4) is 0 Å². The summed E-state index contributed by atoms with van der Waals surface area (Å²) in [5.41, 5.74) is 1.09. The summed E-state index contributed by atoms with van der Waals surface area (Å²) in [6.07, 6.45) is 0.772. The van der Waals surface area contributed by atoms with Crippen molar-refractivity contribution in [3.8, 4) is 5.75 Å². The van der Waals surface area contributed by atoms with E-state index in [1.54, 1.807) is 6.07 Å². The maximum atomic E-state index is 10.9. The third-order valence-corrected chi connectivity index (χ3v) is 3.51. The number of nitrogens with zero attached hydrogens (tertiary/aromatic N) is 1. The van der Waals surface area contributed by atoms with Gasteiger partial charge in [-0.25, -0.2) is 0 Å². The molecular weight excluding hydrogens is 266 g/mol. The van der Waals surface area contributed by atoms with Crippen LogP contribution in [0.15, 0.2) is 18.2 Å². The second kappa shape index (κ2) is 5.80. The SMILES string of the molecule is CC(C)N(CC(=O)O)CC1Cc2cc(Cl)ccc2O1. The van der Waals surface area contributed by atoms with Crippen molar-refractivity contribution in [2.45, 2.75) is 32.4 Å². The first-order valence-electron chi connectivity index (χ1n) is 6.36. The number of carboxylic acid groups (broad SMARTS) is 1. The summed E-state index contributed by atoms with van der Waals surface area (Å²) in [5, 5.41) is 9.62. The predicted octanol–water partition coefficient (Wildman–Crippen LogP) is 2.44. The molecule has 19 heavy (non-hydrogen) atoms. The monoisotopic (exact) mass is 283 g/mol. The summed E-state index contributed by atoms with van der Waals surface area (Å²) in [4.78, 5) is 12.8. The molecule has 1 aliphatic rings. The van der Waals surface area contributed by atoms with E-state index in [-0.39, 0.29) is 18.7 Å². The zero-order valence-electron chi connectivity index (χ0n) is 11.1. The number of rotatable bonds is 5. The molecule has 0 aliphatic carbocycles. The maximum Gasteiger partial charge on any atom is 0.317 e. The summed E-state index contributed by atoms with van der Waals surface area (Å²) < 4.78 is 5.83. The van der Waals surface area contributed by atoms with Crippen molar-refractivity contribution in [1.82, 2.24) is 4.90 Å². The molecule has 1 heterocycles. The minimum atomic E-state index is -0.813. The molecule has 1 atom stereocenters. The zero-order valence-corrected chi connectivity index (χ0v) is 11.9. The van der Waals surface area contributed by atoms with Gasteiger partial charge in [0.05, 0.1) is 6.54 Å². The second-order valence-electron chi connectivity index (χ2n) is 5.11. The normalized spacial score (nSPS) is 17.6. The first-order valence-corrected chi connectivity index (χ1v) is 6.74. The summed E-state index contributed by atoms with van der Waals surface area (Å²) in [6, 6.07) is 5.76. The highest BCUT2D eigenvalue weighted by atomic mass is 35.5. The van der Waals surface area contributed by atoms with Gasteiger partial charge in [-0.15, -0.1) is 0 Å². The highest BCUT2D eigenvalue weighted by molar-refractivity contribution is 6.30. The molecule has 1 unspecified atom stereocenters. The van der Waals surface area contributed by atoms with Crippen LogP contribution in [0.1, 0.15) is 19.4 Å². The number of benzene rings is 1. The van der Waals surface area contributed by atoms with Gasteiger partial charge in [0.15, 0.2) is 0 Å². The van der Waals surface area contributed by atoms with Crippen LogP contribution in [0.2, 0.25) is 5.02 Å². The van der Waals surface area contributed by atoms with Gasteiger partial charge in [-0.05, 0) is 37.6 Å². The summed E-state index contributed by atoms with van der Waals surface area (Å²) in [6.45, 7) is 4.62. The highest BCUT2D eigenvalue weighted by Crippen LogP contribution is 2.31. The van der Waals surface area contributed by atoms with E-state index in [1.807, 2.05) is 30.9 Å². The Morgan fingerprint density at radius 2 is 2.32 bits per heavy atom. The van der Waals surface area contributed by atoms with Gasteiger partial charge in [-0.3, -0.25) is 9.69 Å². The van der Waals surface area contributed by atoms with Crippen LogP contribution < -0.4 is 4.74 Å². The van der Waals surface area contributed by atoms with Gasteiger partial charge in [0.2, 0.25) is 0 Å². The van der Waals surface area contributed by atoms with E-state index >= 15 is 0 Å². The lowest BCUT2D eigenvalue weighted by Gasteiger charge is -2.27. The molecular formula is C14H18ClNO3. The van der Waals surface area contributed by atoms with Crippen LogP contribution >= 0.6 is 11.6 Å². The quantitative estimate of drug-likeness (QED) is 0.902. The minimum Gasteiger partial charge on any atom is -0.488 e. The van der Waals surface area contributed by atoms with Crippen LogP contribution in [0, 0.1) is 0 Å². The lowest BCUT2D eigenvalue weighted by molar-refractivity contribution is -0.139. The molecule has 2 rings (SSSR count). The van der Waals surface area contributed by atoms with Gasteiger partial charge in [-0.1, -0.05) is 11.6 Å². The molecule has 5 heteroatoms. The van der Waals surface area contributed by atoms with E-state index in [0.717, 1.165) is 17.7 Å². The van der Waals surface area contributed by atoms with Crippen molar-refractivity contribution in [3.05, 3.63) is 28.8 Å². The topological polar surface area (TPSA) is 49.8 Å². The van der Waals surface area contributed by atoms with E-state index in [2.05, 4.69) is 0 Å². The third kappa shape index (κ3) is 3.61. The summed E-state index contributed by atoms with van der Waals surface area (Å²) in [7, 11) is 0. The molecule has 0 spiro atoms. The number of ether oxygens (including phenoxy) is 1. The fourth-order valence-corrected chi connectivity index (χ4v) is 2.48. The molecule has 0 amide bonds. The van der Waals surface area contributed by atoms with Crippen molar-refractivity contribution in [1.29, 1.82) is 0 Å². The lowest BCUT2D eigenvalue weighted by Crippen LogP contribution is -2.42. The Bertz CT molecular complexity index is 476. The zero-order chi connectivity index (χ0) is 14.0. The molecule has 0 aromatic heterocycles. The van der Waals surface area contributed by atoms with E-state index in [9.17, 15) is 4.79 Å². The first-order chi connectivity index (χ1) is 8.95. The van der Waals surface area contributed by atoms with Crippen molar-refractivity contribution < 1.29 is 14.6 Å². The molecule has 0 saturated heterocycles. The molecule has 0 radical (unpaired) electrons. The average molecular weight is 284 g/mol. The fourth-order valence-electron chi connectivity index (χ4n) is 2.28. The molecule has 0 fully saturated rings. The Morgan fingerprint density at radius 1 is 1.58 bits per heavy atom. The van der Waals surface area contributed by atoms with Crippen molar-refractivity contribution in [2.24, 2.45) is 0 Å². The Kier molecular flexibility index (Phi) is 4.32. The average Bonchev–Trinajstić information content (AvgIpc) is 2.68. The van der Waals surface area contributed by atoms with Gasteiger partial charge in [0.25, 0.3) is 0 Å². The number of fused-ring (bicyclic) bond motifs is 1. The van der Waals surface area contributed by atoms with Gasteiger partial charge in [0.1, 0.15) is 11.9 Å². The standard InChI is InChI=1S/C14H18ClNO3/c1-9(2)16(8-14(17)18)7-12-6-10-5-11(15)3-4-13(10)19-12/h3-5,9,12H,6-8H2,1-2H3,(H,17,18). The molecule has 0 saturated carbocycles. The van der Waals surface area contributed by atoms with Crippen molar-refractivity contribution in [2.75, 3.05) is 13.1 Å². The smallest absolute Gasteiger partial charge is 0.317 e. The Labute approximate surface area is 117 Å². The summed E-state index contributed by atoms with van der Waals surface area (Å²) >= 11 is 5.95. The van der Waals surface area contributed by atoms with Crippen molar-refractivity contribution in [3.63, 3.8) is 0 Å². The molecule has 4 nitrogen and oxygen atoms in total. The van der Waals surface area contributed by atoms with Crippen molar-refractivity contribution >= 4 is 17.6 Å². The first kappa shape index (κ1) is 14.2. The highest BCUT2D eigenvalue weighted by Gasteiger charge is 2.26. The molecule has 0 bridgehead atoms. The van der Waals surface area contributed by atoms with Gasteiger partial charge in [-0.2, -0.15) is 0 Å². The molecule has 104 valence electrons. The number of halogens is 1. The van der Waals surface area contributed by atoms with Crippen LogP contribution in [0.5, 0.6) is 5.75 Å². The largest absolute Gasteiger partial charge is 0.488 e. The van der Waals surface area contributed by atoms with Crippen LogP contribution in [0.25, 0.3) is 0 Å². The number of hydrogen-bond donors (Lipinski definition) is 1. The lowest BCUT2D eigenvalue weighted by atomic mass is 10.1. The Morgan fingerprint density at radius 3 is 2.95 bits per heavy atom. The molecule has 1 aromatic rings. The van der Waals surface area contributed by atoms with Crippen LogP contribution in [-0.2, 0) is 11.2 Å². The number of carboxylic acids is 1. The van der Waals surface area contributed by atoms with Gasteiger partial charge < -0.3 is 9.84 Å². The predicted molar refractivity (Wildman–Crippen MR) is 73.9 cm³/mol. The Hall–Kier alpha value is -1.26. The third-order valence-electron chi connectivity index (χ3n) is 3.27.